The Hall–Kier alpha value is -2.11. The molecule has 0 aromatic carbocycles. The predicted octanol–water partition coefficient (Wildman–Crippen LogP) is 1.04. The second-order valence-electron chi connectivity index (χ2n) is 4.83. The minimum absolute atomic E-state index is 0.0644. The van der Waals surface area contributed by atoms with Crippen molar-refractivity contribution in [2.75, 3.05) is 0 Å². The molecule has 1 rings (SSSR count). The normalized spacial score (nSPS) is 11.1. The van der Waals surface area contributed by atoms with E-state index in [-0.39, 0.29) is 11.3 Å². The number of aromatic carboxylic acids is 1. The summed E-state index contributed by atoms with van der Waals surface area (Å²) in [4.78, 5) is 34.2. The molecule has 0 radical (unpaired) electrons. The number of nitrogens with zero attached hydrogens (tertiary/aromatic N) is 1. The van der Waals surface area contributed by atoms with Crippen LogP contribution in [0.25, 0.3) is 0 Å². The first kappa shape index (κ1) is 14.0. The van der Waals surface area contributed by atoms with Gasteiger partial charge in [-0.25, -0.2) is 9.59 Å². The van der Waals surface area contributed by atoms with Crippen LogP contribution < -0.4 is 5.56 Å². The van der Waals surface area contributed by atoms with Gasteiger partial charge in [0.05, 0.1) is 5.56 Å². The van der Waals surface area contributed by atoms with E-state index in [0.717, 1.165) is 16.7 Å². The van der Waals surface area contributed by atoms with E-state index in [1.807, 2.05) is 0 Å². The van der Waals surface area contributed by atoms with Crippen LogP contribution in [-0.2, 0) is 11.8 Å². The lowest BCUT2D eigenvalue weighted by atomic mass is 10.1. The Morgan fingerprint density at radius 2 is 1.83 bits per heavy atom. The summed E-state index contributed by atoms with van der Waals surface area (Å²) in [6.45, 7) is 5.05. The molecule has 0 amide bonds. The van der Waals surface area contributed by atoms with Crippen molar-refractivity contribution in [1.29, 1.82) is 0 Å². The van der Waals surface area contributed by atoms with Crippen molar-refractivity contribution in [1.82, 2.24) is 4.57 Å². The van der Waals surface area contributed by atoms with Crippen LogP contribution in [0.2, 0.25) is 0 Å². The quantitative estimate of drug-likeness (QED) is 0.796. The first-order valence-electron chi connectivity index (χ1n) is 5.29. The molecule has 0 fully saturated rings. The summed E-state index contributed by atoms with van der Waals surface area (Å²) in [6, 6.07) is 2.18. The second-order valence-corrected chi connectivity index (χ2v) is 4.83. The summed E-state index contributed by atoms with van der Waals surface area (Å²) in [5, 5.41) is 8.92. The number of hydrogen-bond acceptors (Lipinski definition) is 4. The standard InChI is InChI=1S/C12H15NO5/c1-12(2,3)18-11(17)7-5-8(10(15)16)13(4)9(14)6-7/h5-6H,1-4H3,(H,15,16). The number of carboxylic acid groups (broad SMARTS) is 1. The maximum atomic E-state index is 11.7. The van der Waals surface area contributed by atoms with Crippen molar-refractivity contribution in [3.05, 3.63) is 33.7 Å². The number of rotatable bonds is 2. The summed E-state index contributed by atoms with van der Waals surface area (Å²) in [7, 11) is 1.32. The summed E-state index contributed by atoms with van der Waals surface area (Å²) < 4.78 is 6.03. The van der Waals surface area contributed by atoms with Gasteiger partial charge in [-0.2, -0.15) is 0 Å². The number of esters is 1. The Morgan fingerprint density at radius 3 is 2.28 bits per heavy atom. The third-order valence-corrected chi connectivity index (χ3v) is 2.12. The van der Waals surface area contributed by atoms with Gasteiger partial charge < -0.3 is 14.4 Å². The number of aromatic nitrogens is 1. The summed E-state index contributed by atoms with van der Waals surface area (Å²) >= 11 is 0. The molecular formula is C12H15NO5. The third kappa shape index (κ3) is 3.19. The molecule has 1 aromatic heterocycles. The Bertz CT molecular complexity index is 551. The number of hydrogen-bond donors (Lipinski definition) is 1. The van der Waals surface area contributed by atoms with Gasteiger partial charge in [0.2, 0.25) is 0 Å². The maximum Gasteiger partial charge on any atom is 0.352 e. The number of ether oxygens (including phenoxy) is 1. The average Bonchev–Trinajstić information content (AvgIpc) is 2.18. The van der Waals surface area contributed by atoms with E-state index >= 15 is 0 Å². The summed E-state index contributed by atoms with van der Waals surface area (Å²) in [5.74, 6) is -2.00. The maximum absolute atomic E-state index is 11.7. The van der Waals surface area contributed by atoms with Crippen LogP contribution in [0.3, 0.4) is 0 Å². The zero-order valence-electron chi connectivity index (χ0n) is 10.7. The fraction of sp³-hybridized carbons (Fsp3) is 0.417. The van der Waals surface area contributed by atoms with Crippen LogP contribution in [0, 0.1) is 0 Å². The van der Waals surface area contributed by atoms with Gasteiger partial charge in [0.1, 0.15) is 11.3 Å². The fourth-order valence-corrected chi connectivity index (χ4v) is 1.29. The third-order valence-electron chi connectivity index (χ3n) is 2.12. The number of carbonyl (C=O) groups excluding carboxylic acids is 1. The van der Waals surface area contributed by atoms with E-state index in [2.05, 4.69) is 0 Å². The van der Waals surface area contributed by atoms with E-state index in [1.54, 1.807) is 20.8 Å². The highest BCUT2D eigenvalue weighted by atomic mass is 16.6. The Morgan fingerprint density at radius 1 is 1.28 bits per heavy atom. The highest BCUT2D eigenvalue weighted by Gasteiger charge is 2.20. The molecule has 0 aliphatic rings. The first-order chi connectivity index (χ1) is 8.11. The van der Waals surface area contributed by atoms with E-state index in [1.165, 1.54) is 7.05 Å². The average molecular weight is 253 g/mol. The zero-order valence-corrected chi connectivity index (χ0v) is 10.7. The molecule has 0 saturated heterocycles. The van der Waals surface area contributed by atoms with E-state index in [4.69, 9.17) is 9.84 Å². The lowest BCUT2D eigenvalue weighted by Crippen LogP contribution is -2.28. The highest BCUT2D eigenvalue weighted by Crippen LogP contribution is 2.12. The van der Waals surface area contributed by atoms with Gasteiger partial charge in [-0.1, -0.05) is 0 Å². The van der Waals surface area contributed by atoms with Gasteiger partial charge in [-0.15, -0.1) is 0 Å². The lowest BCUT2D eigenvalue weighted by molar-refractivity contribution is 0.00691. The molecule has 0 aliphatic heterocycles. The molecule has 0 spiro atoms. The predicted molar refractivity (Wildman–Crippen MR) is 63.8 cm³/mol. The van der Waals surface area contributed by atoms with Gasteiger partial charge in [0, 0.05) is 13.1 Å². The SMILES string of the molecule is Cn1c(C(=O)O)cc(C(=O)OC(C)(C)C)cc1=O. The van der Waals surface area contributed by atoms with Crippen molar-refractivity contribution in [3.63, 3.8) is 0 Å². The molecule has 0 unspecified atom stereocenters. The molecule has 0 aliphatic carbocycles. The largest absolute Gasteiger partial charge is 0.477 e. The molecular weight excluding hydrogens is 238 g/mol. The molecule has 1 heterocycles. The highest BCUT2D eigenvalue weighted by molar-refractivity contribution is 5.93. The second kappa shape index (κ2) is 4.64. The Labute approximate surface area is 104 Å². The van der Waals surface area contributed by atoms with Gasteiger partial charge in [-0.05, 0) is 26.8 Å². The van der Waals surface area contributed by atoms with Crippen molar-refractivity contribution in [2.24, 2.45) is 7.05 Å². The first-order valence-corrected chi connectivity index (χ1v) is 5.29. The number of pyridine rings is 1. The minimum atomic E-state index is -1.28. The minimum Gasteiger partial charge on any atom is -0.477 e. The van der Waals surface area contributed by atoms with Gasteiger partial charge in [0.25, 0.3) is 5.56 Å². The molecule has 0 saturated carbocycles. The van der Waals surface area contributed by atoms with Crippen molar-refractivity contribution in [2.45, 2.75) is 26.4 Å². The number of carboxylic acids is 1. The van der Waals surface area contributed by atoms with Crippen molar-refractivity contribution < 1.29 is 19.4 Å². The molecule has 0 bridgehead atoms. The molecule has 6 heteroatoms. The van der Waals surface area contributed by atoms with E-state index < -0.39 is 23.1 Å². The topological polar surface area (TPSA) is 85.6 Å². The molecule has 18 heavy (non-hydrogen) atoms. The van der Waals surface area contributed by atoms with Crippen LogP contribution in [-0.4, -0.2) is 27.2 Å². The van der Waals surface area contributed by atoms with Gasteiger partial charge in [0.15, 0.2) is 0 Å². The lowest BCUT2D eigenvalue weighted by Gasteiger charge is -2.19. The molecule has 98 valence electrons. The van der Waals surface area contributed by atoms with Crippen LogP contribution in [0.1, 0.15) is 41.6 Å². The summed E-state index contributed by atoms with van der Waals surface area (Å²) in [6.07, 6.45) is 0. The van der Waals surface area contributed by atoms with Gasteiger partial charge >= 0.3 is 11.9 Å². The van der Waals surface area contributed by atoms with Crippen molar-refractivity contribution >= 4 is 11.9 Å². The number of carbonyl (C=O) groups is 2. The smallest absolute Gasteiger partial charge is 0.352 e. The van der Waals surface area contributed by atoms with Crippen molar-refractivity contribution in [3.8, 4) is 0 Å². The summed E-state index contributed by atoms with van der Waals surface area (Å²) in [5.41, 5.74) is -1.61. The van der Waals surface area contributed by atoms with E-state index in [0.29, 0.717) is 0 Å². The monoisotopic (exact) mass is 253 g/mol. The fourth-order valence-electron chi connectivity index (χ4n) is 1.29. The van der Waals surface area contributed by atoms with Crippen LogP contribution in [0.15, 0.2) is 16.9 Å². The van der Waals surface area contributed by atoms with Gasteiger partial charge in [-0.3, -0.25) is 4.79 Å². The molecule has 1 aromatic rings. The molecule has 1 N–H and O–H groups in total. The molecule has 0 atom stereocenters. The Kier molecular flexibility index (Phi) is 3.59. The Balaban J connectivity index is 3.24. The molecule has 6 nitrogen and oxygen atoms in total. The van der Waals surface area contributed by atoms with Crippen LogP contribution in [0.5, 0.6) is 0 Å². The zero-order chi connectivity index (χ0) is 14.1. The van der Waals surface area contributed by atoms with Crippen LogP contribution in [0.4, 0.5) is 0 Å². The van der Waals surface area contributed by atoms with Crippen LogP contribution >= 0.6 is 0 Å². The van der Waals surface area contributed by atoms with E-state index in [9.17, 15) is 14.4 Å².